The Morgan fingerprint density at radius 3 is 2.46 bits per heavy atom. The van der Waals surface area contributed by atoms with E-state index in [2.05, 4.69) is 20.2 Å². The molecule has 3 aromatic rings. The molecular formula is C16H17N5O2S. The SMILES string of the molecule is Cc1ccc(C)c(S(=O)(=O)Nc2ccc(-n3cnnn3)c(C)c2)c1. The average molecular weight is 343 g/mol. The van der Waals surface area contributed by atoms with Gasteiger partial charge in [-0.1, -0.05) is 12.1 Å². The van der Waals surface area contributed by atoms with Gasteiger partial charge in [0, 0.05) is 5.69 Å². The summed E-state index contributed by atoms with van der Waals surface area (Å²) in [7, 11) is -3.65. The Hall–Kier alpha value is -2.74. The lowest BCUT2D eigenvalue weighted by Crippen LogP contribution is -2.14. The van der Waals surface area contributed by atoms with Crippen molar-refractivity contribution in [1.29, 1.82) is 0 Å². The van der Waals surface area contributed by atoms with E-state index in [1.54, 1.807) is 37.3 Å². The van der Waals surface area contributed by atoms with Crippen LogP contribution in [0.3, 0.4) is 0 Å². The van der Waals surface area contributed by atoms with Crippen molar-refractivity contribution in [3.05, 3.63) is 59.4 Å². The number of benzene rings is 2. The summed E-state index contributed by atoms with van der Waals surface area (Å²) < 4.78 is 29.5. The number of rotatable bonds is 4. The fourth-order valence-electron chi connectivity index (χ4n) is 2.45. The first-order valence-corrected chi connectivity index (χ1v) is 8.79. The number of tetrazole rings is 1. The smallest absolute Gasteiger partial charge is 0.262 e. The Bertz CT molecular complexity index is 982. The second-order valence-electron chi connectivity index (χ2n) is 5.63. The van der Waals surface area contributed by atoms with Crippen LogP contribution in [0.5, 0.6) is 0 Å². The van der Waals surface area contributed by atoms with Gasteiger partial charge in [-0.05, 0) is 72.2 Å². The van der Waals surface area contributed by atoms with Crippen LogP contribution >= 0.6 is 0 Å². The van der Waals surface area contributed by atoms with Crippen molar-refractivity contribution in [3.63, 3.8) is 0 Å². The number of nitrogens with one attached hydrogen (secondary N) is 1. The van der Waals surface area contributed by atoms with E-state index in [4.69, 9.17) is 0 Å². The minimum atomic E-state index is -3.65. The van der Waals surface area contributed by atoms with Crippen LogP contribution in [0, 0.1) is 20.8 Å². The summed E-state index contributed by atoms with van der Waals surface area (Å²) in [4.78, 5) is 0.282. The highest BCUT2D eigenvalue weighted by Gasteiger charge is 2.17. The monoisotopic (exact) mass is 343 g/mol. The fourth-order valence-corrected chi connectivity index (χ4v) is 3.83. The predicted octanol–water partition coefficient (Wildman–Crippen LogP) is 2.39. The highest BCUT2D eigenvalue weighted by Crippen LogP contribution is 2.23. The second-order valence-corrected chi connectivity index (χ2v) is 7.28. The lowest BCUT2D eigenvalue weighted by atomic mass is 10.2. The maximum Gasteiger partial charge on any atom is 0.262 e. The van der Waals surface area contributed by atoms with Crippen LogP contribution in [-0.2, 0) is 10.0 Å². The van der Waals surface area contributed by atoms with Gasteiger partial charge in [-0.3, -0.25) is 4.72 Å². The number of aromatic nitrogens is 4. The normalized spacial score (nSPS) is 11.5. The van der Waals surface area contributed by atoms with Crippen LogP contribution in [0.15, 0.2) is 47.6 Å². The van der Waals surface area contributed by atoms with E-state index in [0.29, 0.717) is 11.3 Å². The minimum Gasteiger partial charge on any atom is -0.280 e. The van der Waals surface area contributed by atoms with Crippen molar-refractivity contribution >= 4 is 15.7 Å². The van der Waals surface area contributed by atoms with E-state index in [1.165, 1.54) is 11.0 Å². The first kappa shape index (κ1) is 16.1. The summed E-state index contributed by atoms with van der Waals surface area (Å²) in [5, 5.41) is 11.0. The van der Waals surface area contributed by atoms with Crippen molar-refractivity contribution in [2.75, 3.05) is 4.72 Å². The molecule has 0 saturated heterocycles. The molecule has 0 unspecified atom stereocenters. The van der Waals surface area contributed by atoms with E-state index < -0.39 is 10.0 Å². The largest absolute Gasteiger partial charge is 0.280 e. The highest BCUT2D eigenvalue weighted by molar-refractivity contribution is 7.92. The van der Waals surface area contributed by atoms with Crippen LogP contribution in [0.25, 0.3) is 5.69 Å². The topological polar surface area (TPSA) is 89.8 Å². The molecule has 3 rings (SSSR count). The van der Waals surface area contributed by atoms with Crippen molar-refractivity contribution in [2.45, 2.75) is 25.7 Å². The third kappa shape index (κ3) is 3.13. The summed E-state index contributed by atoms with van der Waals surface area (Å²) in [5.74, 6) is 0. The third-order valence-corrected chi connectivity index (χ3v) is 5.20. The molecule has 8 heteroatoms. The number of nitrogens with zero attached hydrogens (tertiary/aromatic N) is 4. The summed E-state index contributed by atoms with van der Waals surface area (Å²) >= 11 is 0. The minimum absolute atomic E-state index is 0.282. The summed E-state index contributed by atoms with van der Waals surface area (Å²) in [5.41, 5.74) is 3.73. The number of aryl methyl sites for hydroxylation is 3. The molecule has 0 atom stereocenters. The molecule has 0 spiro atoms. The van der Waals surface area contributed by atoms with E-state index in [0.717, 1.165) is 16.8 Å². The number of hydrogen-bond donors (Lipinski definition) is 1. The summed E-state index contributed by atoms with van der Waals surface area (Å²) in [6.07, 6.45) is 1.49. The zero-order valence-electron chi connectivity index (χ0n) is 13.6. The van der Waals surface area contributed by atoms with Gasteiger partial charge in [0.2, 0.25) is 0 Å². The van der Waals surface area contributed by atoms with Crippen LogP contribution in [0.4, 0.5) is 5.69 Å². The van der Waals surface area contributed by atoms with Gasteiger partial charge < -0.3 is 0 Å². The molecule has 0 saturated carbocycles. The molecule has 1 N–H and O–H groups in total. The first-order chi connectivity index (χ1) is 11.4. The van der Waals surface area contributed by atoms with E-state index in [9.17, 15) is 8.42 Å². The lowest BCUT2D eigenvalue weighted by molar-refractivity contribution is 0.600. The molecule has 0 bridgehead atoms. The van der Waals surface area contributed by atoms with Gasteiger partial charge in [0.25, 0.3) is 10.0 Å². The number of hydrogen-bond acceptors (Lipinski definition) is 5. The molecule has 0 radical (unpaired) electrons. The van der Waals surface area contributed by atoms with Gasteiger partial charge in [0.15, 0.2) is 0 Å². The van der Waals surface area contributed by atoms with Gasteiger partial charge in [-0.15, -0.1) is 5.10 Å². The van der Waals surface area contributed by atoms with Crippen LogP contribution < -0.4 is 4.72 Å². The molecule has 0 amide bonds. The maximum absolute atomic E-state index is 12.7. The Morgan fingerprint density at radius 2 is 1.79 bits per heavy atom. The van der Waals surface area contributed by atoms with Gasteiger partial charge in [-0.2, -0.15) is 0 Å². The van der Waals surface area contributed by atoms with E-state index in [-0.39, 0.29) is 4.90 Å². The van der Waals surface area contributed by atoms with Crippen LogP contribution in [0.2, 0.25) is 0 Å². The number of sulfonamides is 1. The van der Waals surface area contributed by atoms with E-state index in [1.807, 2.05) is 19.9 Å². The van der Waals surface area contributed by atoms with Crippen molar-refractivity contribution in [3.8, 4) is 5.69 Å². The highest BCUT2D eigenvalue weighted by atomic mass is 32.2. The zero-order valence-corrected chi connectivity index (χ0v) is 14.4. The average Bonchev–Trinajstić information content (AvgIpc) is 3.03. The van der Waals surface area contributed by atoms with Crippen molar-refractivity contribution in [2.24, 2.45) is 0 Å². The summed E-state index contributed by atoms with van der Waals surface area (Å²) in [6.45, 7) is 5.51. The second kappa shape index (κ2) is 6.04. The molecule has 1 heterocycles. The first-order valence-electron chi connectivity index (χ1n) is 7.31. The van der Waals surface area contributed by atoms with Crippen LogP contribution in [0.1, 0.15) is 16.7 Å². The summed E-state index contributed by atoms with van der Waals surface area (Å²) in [6, 6.07) is 10.6. The Kier molecular flexibility index (Phi) is 4.06. The fraction of sp³-hybridized carbons (Fsp3) is 0.188. The van der Waals surface area contributed by atoms with Crippen molar-refractivity contribution in [1.82, 2.24) is 20.2 Å². The molecule has 2 aromatic carbocycles. The van der Waals surface area contributed by atoms with Gasteiger partial charge in [0.1, 0.15) is 6.33 Å². The van der Waals surface area contributed by atoms with Gasteiger partial charge in [-0.25, -0.2) is 13.1 Å². The van der Waals surface area contributed by atoms with Crippen LogP contribution in [-0.4, -0.2) is 28.6 Å². The molecule has 0 aliphatic heterocycles. The third-order valence-electron chi connectivity index (χ3n) is 3.68. The molecular weight excluding hydrogens is 326 g/mol. The molecule has 0 aliphatic rings. The molecule has 0 fully saturated rings. The molecule has 7 nitrogen and oxygen atoms in total. The molecule has 24 heavy (non-hydrogen) atoms. The van der Waals surface area contributed by atoms with Crippen molar-refractivity contribution < 1.29 is 8.42 Å². The lowest BCUT2D eigenvalue weighted by Gasteiger charge is -2.13. The predicted molar refractivity (Wildman–Crippen MR) is 90.6 cm³/mol. The van der Waals surface area contributed by atoms with E-state index >= 15 is 0 Å². The Labute approximate surface area is 140 Å². The standard InChI is InChI=1S/C16H17N5O2S/c1-11-4-5-12(2)16(8-11)24(22,23)18-14-6-7-15(13(3)9-14)21-10-17-19-20-21/h4-10,18H,1-3H3. The van der Waals surface area contributed by atoms with Gasteiger partial charge >= 0.3 is 0 Å². The molecule has 124 valence electrons. The Balaban J connectivity index is 1.93. The zero-order chi connectivity index (χ0) is 17.3. The molecule has 0 aliphatic carbocycles. The van der Waals surface area contributed by atoms with Gasteiger partial charge in [0.05, 0.1) is 10.6 Å². The maximum atomic E-state index is 12.7. The number of anilines is 1. The molecule has 1 aromatic heterocycles. The quantitative estimate of drug-likeness (QED) is 0.785. The Morgan fingerprint density at radius 1 is 1.00 bits per heavy atom.